The average molecular weight is 721 g/mol. The van der Waals surface area contributed by atoms with Crippen molar-refractivity contribution in [1.29, 1.82) is 0 Å². The number of aliphatic carboxylic acids is 1. The van der Waals surface area contributed by atoms with Crippen LogP contribution in [0.3, 0.4) is 0 Å². The Kier molecular flexibility index (Phi) is 25.0. The van der Waals surface area contributed by atoms with Crippen LogP contribution in [0.5, 0.6) is 0 Å². The van der Waals surface area contributed by atoms with E-state index in [9.17, 15) is 28.0 Å². The lowest BCUT2D eigenvalue weighted by Gasteiger charge is -2.25. The zero-order chi connectivity index (χ0) is 35.5. The second-order valence-electron chi connectivity index (χ2n) is 11.4. The molecule has 1 unspecified atom stereocenters. The van der Waals surface area contributed by atoms with Crippen LogP contribution >= 0.6 is 22.6 Å². The van der Waals surface area contributed by atoms with Crippen molar-refractivity contribution in [2.24, 2.45) is 23.7 Å². The molecule has 2 aliphatic rings. The summed E-state index contributed by atoms with van der Waals surface area (Å²) in [6.07, 6.45) is 2.19. The highest BCUT2D eigenvalue weighted by atomic mass is 127. The fraction of sp³-hybridized carbons (Fsp3) is 0.750. The first kappa shape index (κ1) is 46.2. The van der Waals surface area contributed by atoms with Gasteiger partial charge in [0.25, 0.3) is 0 Å². The second kappa shape index (κ2) is 24.3. The Labute approximate surface area is 292 Å². The molecule has 1 saturated carbocycles. The van der Waals surface area contributed by atoms with Gasteiger partial charge in [0.2, 0.25) is 5.92 Å². The minimum absolute atomic E-state index is 0.0422. The molecule has 0 aromatic carbocycles. The summed E-state index contributed by atoms with van der Waals surface area (Å²) in [5.74, 6) is -4.31. The van der Waals surface area contributed by atoms with Crippen molar-refractivity contribution in [3.05, 3.63) is 11.6 Å². The van der Waals surface area contributed by atoms with Gasteiger partial charge in [0.05, 0.1) is 32.0 Å². The molecule has 0 aromatic heterocycles. The number of esters is 2. The van der Waals surface area contributed by atoms with Gasteiger partial charge in [-0.2, -0.15) is 0 Å². The van der Waals surface area contributed by atoms with Crippen LogP contribution < -0.4 is 0 Å². The smallest absolute Gasteiger partial charge is 0.309 e. The van der Waals surface area contributed by atoms with Gasteiger partial charge in [0, 0.05) is 103 Å². The summed E-state index contributed by atoms with van der Waals surface area (Å²) in [4.78, 5) is 42.9. The summed E-state index contributed by atoms with van der Waals surface area (Å²) in [5, 5.41) is 8.58. The van der Waals surface area contributed by atoms with Crippen LogP contribution in [-0.2, 0) is 28.7 Å². The number of rotatable bonds is 12. The maximum atomic E-state index is 12.7. The topological polar surface area (TPSA) is 107 Å². The van der Waals surface area contributed by atoms with Gasteiger partial charge in [-0.1, -0.05) is 48.9 Å². The molecule has 4 atom stereocenters. The van der Waals surface area contributed by atoms with Crippen LogP contribution in [0.1, 0.15) is 65.7 Å². The number of alkyl halides is 3. The van der Waals surface area contributed by atoms with Crippen molar-refractivity contribution in [3.63, 3.8) is 0 Å². The van der Waals surface area contributed by atoms with Gasteiger partial charge >= 0.3 is 17.9 Å². The molecule has 0 bridgehead atoms. The first-order valence-electron chi connectivity index (χ1n) is 14.6. The van der Waals surface area contributed by atoms with Crippen molar-refractivity contribution in [3.8, 4) is 0 Å². The van der Waals surface area contributed by atoms with E-state index in [2.05, 4.69) is 32.1 Å². The fourth-order valence-corrected chi connectivity index (χ4v) is 4.86. The Bertz CT molecular complexity index is 943. The third-order valence-electron chi connectivity index (χ3n) is 7.23. The zero-order valence-corrected chi connectivity index (χ0v) is 29.1. The van der Waals surface area contributed by atoms with Gasteiger partial charge in [0.15, 0.2) is 5.78 Å². The lowest BCUT2D eigenvalue weighted by molar-refractivity contribution is -0.145. The molecule has 2 rings (SSSR count). The number of carboxylic acids is 1. The predicted octanol–water partition coefficient (Wildman–Crippen LogP) is 1.05. The normalized spacial score (nSPS) is 17.9. The van der Waals surface area contributed by atoms with E-state index >= 15 is 0 Å². The van der Waals surface area contributed by atoms with Gasteiger partial charge in [-0.15, -0.1) is 0 Å². The molecule has 1 N–H and O–H groups in total. The van der Waals surface area contributed by atoms with Crippen molar-refractivity contribution >= 4 is 125 Å². The van der Waals surface area contributed by atoms with E-state index in [1.165, 1.54) is 21.3 Å². The molecule has 0 aromatic rings. The van der Waals surface area contributed by atoms with E-state index < -0.39 is 37.0 Å². The minimum Gasteiger partial charge on any atom is -0.481 e. The molecular formula is C24H37B11F2IO7. The Balaban J connectivity index is 0. The molecule has 1 fully saturated rings. The summed E-state index contributed by atoms with van der Waals surface area (Å²) < 4.78 is 35.3. The molecule has 0 saturated heterocycles. The van der Waals surface area contributed by atoms with E-state index in [4.69, 9.17) is 51.5 Å². The Morgan fingerprint density at radius 3 is 1.82 bits per heavy atom. The van der Waals surface area contributed by atoms with Crippen LogP contribution in [0.4, 0.5) is 8.78 Å². The molecule has 7 nitrogen and oxygen atoms in total. The molecule has 45 heavy (non-hydrogen) atoms. The van der Waals surface area contributed by atoms with Crippen LogP contribution in [0.2, 0.25) is 0 Å². The molecule has 0 amide bonds. The number of ketones is 1. The summed E-state index contributed by atoms with van der Waals surface area (Å²) >= 11 is 2.15. The number of carbonyl (C=O) groups excluding carboxylic acids is 3. The maximum Gasteiger partial charge on any atom is 0.309 e. The summed E-state index contributed by atoms with van der Waals surface area (Å²) in [7, 11) is 36.3. The SMILES string of the molecule is COC(=O)[C@@H](C)CC1=CC(=O)CC1.COC(=O)[C@@H](C)CI.C[C@@H](CC1CCC(F)(F)C1)C(=O)O.[B][B]B([B])B(B([B])[B])B([B])[B]. The zero-order valence-electron chi connectivity index (χ0n) is 26.9. The Hall–Kier alpha value is -0.876. The Morgan fingerprint density at radius 1 is 1.02 bits per heavy atom. The number of ether oxygens (including phenoxy) is 2. The van der Waals surface area contributed by atoms with Gasteiger partial charge in [-0.3, -0.25) is 19.2 Å². The molecule has 229 valence electrons. The number of allylic oxidation sites excluding steroid dienone is 2. The highest BCUT2D eigenvalue weighted by Crippen LogP contribution is 2.41. The summed E-state index contributed by atoms with van der Waals surface area (Å²) in [5.41, 5.74) is 1.07. The fourth-order valence-electron chi connectivity index (χ4n) is 4.50. The maximum absolute atomic E-state index is 12.7. The third kappa shape index (κ3) is 20.9. The monoisotopic (exact) mass is 723 g/mol. The molecule has 2 aliphatic carbocycles. The predicted molar refractivity (Wildman–Crippen MR) is 195 cm³/mol. The number of carbonyl (C=O) groups is 4. The standard InChI is InChI=1S/C10H14O3.C9H14F2O2.C5H9IO2.B11/c1-7(10(12)13-2)5-8-3-4-9(11)6-8;1-6(8(12)13)4-7-2-3-9(10,11)5-7;1-4(3-6)5(7)8-2;1-7-10(6)11(8(2)3)9(4)5/h6-7H,3-5H2,1-2H3;6-7H,2-5H2,1H3,(H,12,13);4H,3H2,1-2H3;/t7-;6-,7?;4-;/m000./s1. The van der Waals surface area contributed by atoms with Crippen LogP contribution in [0.15, 0.2) is 11.6 Å². The molecular weight excluding hydrogens is 684 g/mol. The lowest BCUT2D eigenvalue weighted by atomic mass is 8.56. The minimum atomic E-state index is -2.55. The lowest BCUT2D eigenvalue weighted by Crippen LogP contribution is -2.63. The molecule has 0 spiro atoms. The average Bonchev–Trinajstić information content (AvgIpc) is 3.54. The number of carboxylic acid groups (broad SMARTS) is 1. The van der Waals surface area contributed by atoms with E-state index in [0.717, 1.165) is 16.4 Å². The highest BCUT2D eigenvalue weighted by molar-refractivity contribution is 14.1. The summed E-state index contributed by atoms with van der Waals surface area (Å²) in [6.45, 7) is 5.23. The molecule has 0 heterocycles. The third-order valence-corrected chi connectivity index (χ3v) is 8.56. The van der Waals surface area contributed by atoms with Crippen molar-refractivity contribution in [2.75, 3.05) is 18.6 Å². The Morgan fingerprint density at radius 2 is 1.53 bits per heavy atom. The van der Waals surface area contributed by atoms with Crippen molar-refractivity contribution in [2.45, 2.75) is 71.6 Å². The van der Waals surface area contributed by atoms with Crippen molar-refractivity contribution in [1.82, 2.24) is 0 Å². The number of methoxy groups -OCH3 is 2. The van der Waals surface area contributed by atoms with E-state index in [-0.39, 0.29) is 54.7 Å². The second-order valence-corrected chi connectivity index (χ2v) is 12.3. The van der Waals surface area contributed by atoms with Gasteiger partial charge in [-0.05, 0) is 37.7 Å². The quantitative estimate of drug-likeness (QED) is 0.139. The van der Waals surface area contributed by atoms with E-state index in [1.54, 1.807) is 13.0 Å². The number of hydrogen-bond acceptors (Lipinski definition) is 6. The van der Waals surface area contributed by atoms with Crippen molar-refractivity contribution < 1.29 is 42.5 Å². The first-order valence-corrected chi connectivity index (χ1v) is 16.2. The van der Waals surface area contributed by atoms with Gasteiger partial charge in [-0.25, -0.2) is 8.78 Å². The van der Waals surface area contributed by atoms with Crippen LogP contribution in [0, 0.1) is 23.7 Å². The first-order chi connectivity index (χ1) is 20.8. The number of hydrogen-bond donors (Lipinski definition) is 1. The summed E-state index contributed by atoms with van der Waals surface area (Å²) in [6, 6.07) is 0. The largest absolute Gasteiger partial charge is 0.481 e. The van der Waals surface area contributed by atoms with E-state index in [1.807, 2.05) is 13.8 Å². The number of halogens is 3. The molecule has 13 radical (unpaired) electrons. The highest BCUT2D eigenvalue weighted by Gasteiger charge is 2.40. The van der Waals surface area contributed by atoms with Crippen LogP contribution in [0.25, 0.3) is 0 Å². The van der Waals surface area contributed by atoms with Gasteiger partial charge in [0.1, 0.15) is 0 Å². The van der Waals surface area contributed by atoms with E-state index in [0.29, 0.717) is 25.7 Å². The molecule has 21 heteroatoms. The van der Waals surface area contributed by atoms with Crippen LogP contribution in [-0.4, -0.2) is 132 Å². The molecule has 0 aliphatic heterocycles. The van der Waals surface area contributed by atoms with Gasteiger partial charge < -0.3 is 14.6 Å².